The molecule has 166 valence electrons. The van der Waals surface area contributed by atoms with Gasteiger partial charge in [0.2, 0.25) is 11.9 Å². The van der Waals surface area contributed by atoms with E-state index < -0.39 is 6.04 Å². The van der Waals surface area contributed by atoms with Crippen LogP contribution in [0.4, 0.5) is 11.1 Å². The lowest BCUT2D eigenvalue weighted by Crippen LogP contribution is -2.27. The topological polar surface area (TPSA) is 108 Å². The Morgan fingerprint density at radius 1 is 1.25 bits per heavy atom. The second-order valence-corrected chi connectivity index (χ2v) is 9.15. The predicted molar refractivity (Wildman–Crippen MR) is 129 cm³/mol. The molecule has 0 bridgehead atoms. The van der Waals surface area contributed by atoms with E-state index in [4.69, 9.17) is 10.5 Å². The maximum Gasteiger partial charge on any atom is 0.249 e. The summed E-state index contributed by atoms with van der Waals surface area (Å²) in [5.41, 5.74) is 8.15. The number of carbonyl (C=O) groups is 1. The van der Waals surface area contributed by atoms with Crippen molar-refractivity contribution < 1.29 is 9.53 Å². The maximum absolute atomic E-state index is 13.1. The van der Waals surface area contributed by atoms with E-state index >= 15 is 0 Å². The number of carbonyl (C=O) groups excluding carboxylic acids is 1. The summed E-state index contributed by atoms with van der Waals surface area (Å²) in [6.07, 6.45) is 1.43. The van der Waals surface area contributed by atoms with Gasteiger partial charge in [-0.1, -0.05) is 60.4 Å². The van der Waals surface area contributed by atoms with Crippen molar-refractivity contribution in [1.29, 1.82) is 0 Å². The van der Waals surface area contributed by atoms with Crippen molar-refractivity contribution in [2.75, 3.05) is 23.9 Å². The molecule has 3 N–H and O–H groups in total. The fourth-order valence-corrected chi connectivity index (χ4v) is 5.22. The van der Waals surface area contributed by atoms with Crippen molar-refractivity contribution in [2.24, 2.45) is 0 Å². The Bertz CT molecular complexity index is 1210. The second-order valence-electron chi connectivity index (χ2n) is 7.06. The molecule has 1 atom stereocenters. The number of anilines is 2. The molecule has 0 radical (unpaired) electrons. The number of nitrogens with two attached hydrogens (primary N) is 1. The van der Waals surface area contributed by atoms with Gasteiger partial charge in [0, 0.05) is 5.75 Å². The third-order valence-electron chi connectivity index (χ3n) is 4.98. The zero-order valence-electron chi connectivity index (χ0n) is 17.8. The van der Waals surface area contributed by atoms with Gasteiger partial charge in [-0.25, -0.2) is 4.98 Å². The number of benzene rings is 2. The Morgan fingerprint density at radius 3 is 2.81 bits per heavy atom. The van der Waals surface area contributed by atoms with Crippen LogP contribution in [-0.4, -0.2) is 38.5 Å². The molecule has 0 aliphatic carbocycles. The van der Waals surface area contributed by atoms with E-state index in [1.54, 1.807) is 23.4 Å². The summed E-state index contributed by atoms with van der Waals surface area (Å²) in [6.45, 7) is 1.94. The van der Waals surface area contributed by atoms with Crippen LogP contribution in [0.5, 0.6) is 5.75 Å². The normalized spacial score (nSPS) is 12.1. The summed E-state index contributed by atoms with van der Waals surface area (Å²) >= 11 is 2.94. The van der Waals surface area contributed by atoms with E-state index in [-0.39, 0.29) is 11.9 Å². The molecule has 2 aromatic carbocycles. The molecule has 4 aromatic rings. The van der Waals surface area contributed by atoms with Crippen LogP contribution in [0.25, 0.3) is 10.2 Å². The Kier molecular flexibility index (Phi) is 6.91. The molecule has 0 aliphatic heterocycles. The molecular formula is C22H24N6O2S2. The smallest absolute Gasteiger partial charge is 0.249 e. The highest BCUT2D eigenvalue weighted by molar-refractivity contribution is 7.99. The molecule has 0 saturated heterocycles. The maximum atomic E-state index is 13.1. The van der Waals surface area contributed by atoms with Gasteiger partial charge in [-0.3, -0.25) is 9.36 Å². The van der Waals surface area contributed by atoms with Crippen LogP contribution in [0.1, 0.15) is 24.9 Å². The molecule has 4 rings (SSSR count). The number of methoxy groups -OCH3 is 1. The molecule has 1 unspecified atom stereocenters. The van der Waals surface area contributed by atoms with Gasteiger partial charge in [-0.15, -0.1) is 10.2 Å². The van der Waals surface area contributed by atoms with E-state index in [2.05, 4.69) is 32.6 Å². The molecule has 0 saturated carbocycles. The minimum atomic E-state index is -0.536. The number of fused-ring (bicyclic) bond motifs is 1. The quantitative estimate of drug-likeness (QED) is 0.350. The highest BCUT2D eigenvalue weighted by Gasteiger charge is 2.25. The van der Waals surface area contributed by atoms with Gasteiger partial charge >= 0.3 is 0 Å². The van der Waals surface area contributed by atoms with Crippen LogP contribution in [0.2, 0.25) is 0 Å². The Hall–Kier alpha value is -3.11. The van der Waals surface area contributed by atoms with Crippen LogP contribution in [0.3, 0.4) is 0 Å². The summed E-state index contributed by atoms with van der Waals surface area (Å²) < 4.78 is 7.91. The molecule has 0 spiro atoms. The second kappa shape index (κ2) is 10.0. The molecule has 8 nitrogen and oxygen atoms in total. The minimum absolute atomic E-state index is 0.199. The fourth-order valence-electron chi connectivity index (χ4n) is 3.34. The summed E-state index contributed by atoms with van der Waals surface area (Å²) in [6, 6.07) is 15.3. The zero-order valence-corrected chi connectivity index (χ0v) is 19.4. The van der Waals surface area contributed by atoms with E-state index in [0.29, 0.717) is 16.7 Å². The molecule has 10 heteroatoms. The predicted octanol–water partition coefficient (Wildman–Crippen LogP) is 4.40. The number of aromatic nitrogens is 4. The van der Waals surface area contributed by atoms with Gasteiger partial charge in [-0.2, -0.15) is 0 Å². The van der Waals surface area contributed by atoms with Gasteiger partial charge in [0.05, 0.1) is 17.3 Å². The molecular weight excluding hydrogens is 444 g/mol. The molecule has 2 aromatic heterocycles. The average Bonchev–Trinajstić information content (AvgIpc) is 3.37. The number of ether oxygens (including phenoxy) is 1. The number of nitrogens with zero attached hydrogens (tertiary/aromatic N) is 4. The zero-order chi connectivity index (χ0) is 22.5. The van der Waals surface area contributed by atoms with E-state index in [0.717, 1.165) is 28.1 Å². The lowest BCUT2D eigenvalue weighted by molar-refractivity contribution is -0.119. The highest BCUT2D eigenvalue weighted by Crippen LogP contribution is 2.31. The van der Waals surface area contributed by atoms with Crippen LogP contribution in [0.15, 0.2) is 53.7 Å². The van der Waals surface area contributed by atoms with Crippen molar-refractivity contribution in [3.8, 4) is 5.75 Å². The van der Waals surface area contributed by atoms with Gasteiger partial charge in [0.25, 0.3) is 0 Å². The van der Waals surface area contributed by atoms with Crippen LogP contribution >= 0.6 is 23.1 Å². The summed E-state index contributed by atoms with van der Waals surface area (Å²) in [7, 11) is 1.62. The summed E-state index contributed by atoms with van der Waals surface area (Å²) in [5, 5.41) is 12.3. The minimum Gasteiger partial charge on any atom is -0.497 e. The van der Waals surface area contributed by atoms with Crippen molar-refractivity contribution in [1.82, 2.24) is 19.7 Å². The molecule has 1 amide bonds. The Morgan fingerprint density at radius 2 is 2.06 bits per heavy atom. The first-order valence-electron chi connectivity index (χ1n) is 10.2. The van der Waals surface area contributed by atoms with Crippen molar-refractivity contribution in [2.45, 2.75) is 31.0 Å². The Balaban J connectivity index is 1.48. The molecule has 0 aliphatic rings. The molecule has 32 heavy (non-hydrogen) atoms. The number of amides is 1. The Labute approximate surface area is 194 Å². The third kappa shape index (κ3) is 4.86. The number of thiazole rings is 1. The fraction of sp³-hybridized carbons (Fsp3) is 0.273. The summed E-state index contributed by atoms with van der Waals surface area (Å²) in [5.74, 6) is 1.58. The van der Waals surface area contributed by atoms with Gasteiger partial charge in [0.15, 0.2) is 10.3 Å². The van der Waals surface area contributed by atoms with Crippen LogP contribution in [0, 0.1) is 0 Å². The van der Waals surface area contributed by atoms with Crippen molar-refractivity contribution in [3.63, 3.8) is 0 Å². The van der Waals surface area contributed by atoms with E-state index in [1.807, 2.05) is 43.3 Å². The lowest BCUT2D eigenvalue weighted by Gasteiger charge is -2.18. The lowest BCUT2D eigenvalue weighted by atomic mass is 10.2. The molecule has 2 heterocycles. The number of nitrogen functional groups attached to an aromatic ring is 1. The van der Waals surface area contributed by atoms with Crippen LogP contribution < -0.4 is 15.8 Å². The average molecular weight is 469 g/mol. The number of hydrogen-bond donors (Lipinski definition) is 2. The van der Waals surface area contributed by atoms with Crippen molar-refractivity contribution in [3.05, 3.63) is 54.1 Å². The standard InChI is InChI=1S/C22H24N6O2S2/c1-3-17(19(29)25-21-24-16-10-9-15(30-2)13-18(16)32-21)28-20(23)26-27-22(28)31-12-11-14-7-5-4-6-8-14/h4-10,13,17H,3,11-12H2,1-2H3,(H2,23,26)(H,24,25,29). The van der Waals surface area contributed by atoms with Gasteiger partial charge in [0.1, 0.15) is 11.8 Å². The van der Waals surface area contributed by atoms with Crippen LogP contribution in [-0.2, 0) is 11.2 Å². The van der Waals surface area contributed by atoms with E-state index in [1.165, 1.54) is 16.9 Å². The third-order valence-corrected chi connectivity index (χ3v) is 6.86. The van der Waals surface area contributed by atoms with E-state index in [9.17, 15) is 4.79 Å². The number of thioether (sulfide) groups is 1. The SMILES string of the molecule is CCC(C(=O)Nc1nc2ccc(OC)cc2s1)n1c(N)nnc1SCCc1ccccc1. The van der Waals surface area contributed by atoms with Gasteiger partial charge in [-0.05, 0) is 36.6 Å². The number of aryl methyl sites for hydroxylation is 1. The van der Waals surface area contributed by atoms with Gasteiger partial charge < -0.3 is 15.8 Å². The first-order valence-corrected chi connectivity index (χ1v) is 12.0. The number of nitrogens with one attached hydrogen (secondary N) is 1. The monoisotopic (exact) mass is 468 g/mol. The largest absolute Gasteiger partial charge is 0.497 e. The first-order chi connectivity index (χ1) is 15.6. The van der Waals surface area contributed by atoms with Crippen molar-refractivity contribution >= 4 is 50.3 Å². The number of rotatable bonds is 9. The number of hydrogen-bond acceptors (Lipinski definition) is 8. The molecule has 0 fully saturated rings. The summed E-state index contributed by atoms with van der Waals surface area (Å²) in [4.78, 5) is 17.6. The first kappa shape index (κ1) is 22.1. The highest BCUT2D eigenvalue weighted by atomic mass is 32.2.